The first-order valence-electron chi connectivity index (χ1n) is 13.9. The molecule has 0 N–H and O–H groups in total. The lowest BCUT2D eigenvalue weighted by atomic mass is 10.1. The van der Waals surface area contributed by atoms with Gasteiger partial charge in [0.1, 0.15) is 11.0 Å². The summed E-state index contributed by atoms with van der Waals surface area (Å²) in [4.78, 5) is 18.5. The van der Waals surface area contributed by atoms with Crippen molar-refractivity contribution in [2.75, 3.05) is 0 Å². The van der Waals surface area contributed by atoms with Crippen molar-refractivity contribution in [3.8, 4) is 22.9 Å². The van der Waals surface area contributed by atoms with Crippen LogP contribution in [0.5, 0.6) is 0 Å². The van der Waals surface area contributed by atoms with E-state index in [1.54, 1.807) is 24.6 Å². The number of aliphatic imine (C=N–C) groups is 2. The predicted molar refractivity (Wildman–Crippen MR) is 179 cm³/mol. The van der Waals surface area contributed by atoms with Gasteiger partial charge in [-0.1, -0.05) is 59.6 Å². The van der Waals surface area contributed by atoms with Crippen molar-refractivity contribution in [1.29, 1.82) is 0 Å². The zero-order valence-electron chi connectivity index (χ0n) is 23.8. The summed E-state index contributed by atoms with van der Waals surface area (Å²) in [6.07, 6.45) is 3.60. The molecular formula is C36H24Cl2N4O2. The maximum atomic E-state index is 6.49. The molecule has 0 fully saturated rings. The molecule has 0 unspecified atom stereocenters. The van der Waals surface area contributed by atoms with E-state index in [1.807, 2.05) is 98.8 Å². The van der Waals surface area contributed by atoms with Gasteiger partial charge in [0.25, 0.3) is 0 Å². The molecule has 2 aromatic heterocycles. The van der Waals surface area contributed by atoms with E-state index >= 15 is 0 Å². The second-order valence-electron chi connectivity index (χ2n) is 10.5. The fourth-order valence-corrected chi connectivity index (χ4v) is 5.17. The van der Waals surface area contributed by atoms with Crippen LogP contribution in [0.25, 0.3) is 45.1 Å². The summed E-state index contributed by atoms with van der Waals surface area (Å²) in [6, 6.07) is 30.8. The van der Waals surface area contributed by atoms with Gasteiger partial charge in [-0.25, -0.2) is 9.97 Å². The molecular weight excluding hydrogens is 591 g/mol. The summed E-state index contributed by atoms with van der Waals surface area (Å²) in [5, 5.41) is 1.10. The summed E-state index contributed by atoms with van der Waals surface area (Å²) in [6.45, 7) is 4.03. The molecule has 8 heteroatoms. The molecule has 214 valence electrons. The van der Waals surface area contributed by atoms with Gasteiger partial charge in [-0.3, -0.25) is 9.98 Å². The summed E-state index contributed by atoms with van der Waals surface area (Å²) in [5.41, 5.74) is 9.97. The van der Waals surface area contributed by atoms with Crippen LogP contribution >= 0.6 is 23.2 Å². The first-order valence-corrected chi connectivity index (χ1v) is 14.7. The number of oxazole rings is 2. The van der Waals surface area contributed by atoms with Crippen molar-refractivity contribution < 1.29 is 8.83 Å². The molecule has 0 aliphatic carbocycles. The Hall–Kier alpha value is -5.04. The quantitative estimate of drug-likeness (QED) is 0.174. The van der Waals surface area contributed by atoms with Crippen molar-refractivity contribution in [1.82, 2.24) is 9.97 Å². The Bertz CT molecular complexity index is 2070. The highest BCUT2D eigenvalue weighted by molar-refractivity contribution is 6.33. The van der Waals surface area contributed by atoms with Crippen LogP contribution in [0.15, 0.2) is 116 Å². The van der Waals surface area contributed by atoms with Crippen molar-refractivity contribution in [3.63, 3.8) is 0 Å². The summed E-state index contributed by atoms with van der Waals surface area (Å²) >= 11 is 13.0. The van der Waals surface area contributed by atoms with E-state index in [9.17, 15) is 0 Å². The lowest BCUT2D eigenvalue weighted by Gasteiger charge is -2.02. The van der Waals surface area contributed by atoms with E-state index in [-0.39, 0.29) is 0 Å². The van der Waals surface area contributed by atoms with E-state index in [1.165, 1.54) is 0 Å². The Labute approximate surface area is 263 Å². The summed E-state index contributed by atoms with van der Waals surface area (Å²) in [5.74, 6) is 0.932. The van der Waals surface area contributed by atoms with Gasteiger partial charge in [0, 0.05) is 12.4 Å². The number of rotatable bonds is 6. The number of benzene rings is 5. The summed E-state index contributed by atoms with van der Waals surface area (Å²) < 4.78 is 12.0. The highest BCUT2D eigenvalue weighted by Gasteiger charge is 2.14. The van der Waals surface area contributed by atoms with Crippen molar-refractivity contribution in [3.05, 3.63) is 129 Å². The van der Waals surface area contributed by atoms with Crippen LogP contribution in [0.3, 0.4) is 0 Å². The van der Waals surface area contributed by atoms with E-state index in [0.717, 1.165) is 55.8 Å². The van der Waals surface area contributed by atoms with Gasteiger partial charge in [0.05, 0.1) is 32.5 Å². The third-order valence-electron chi connectivity index (χ3n) is 7.11. The number of halogens is 2. The average molecular weight is 616 g/mol. The molecule has 0 saturated carbocycles. The van der Waals surface area contributed by atoms with Gasteiger partial charge < -0.3 is 8.83 Å². The van der Waals surface area contributed by atoms with Gasteiger partial charge in [-0.15, -0.1) is 0 Å². The van der Waals surface area contributed by atoms with Crippen LogP contribution in [0.1, 0.15) is 22.3 Å². The normalized spacial score (nSPS) is 11.9. The largest absolute Gasteiger partial charge is 0.436 e. The highest BCUT2D eigenvalue weighted by Crippen LogP contribution is 2.35. The van der Waals surface area contributed by atoms with E-state index < -0.39 is 0 Å². The second-order valence-corrected chi connectivity index (χ2v) is 11.3. The minimum Gasteiger partial charge on any atom is -0.436 e. The van der Waals surface area contributed by atoms with Gasteiger partial charge in [0.2, 0.25) is 11.8 Å². The lowest BCUT2D eigenvalue weighted by molar-refractivity contribution is 0.619. The Morgan fingerprint density at radius 3 is 1.41 bits per heavy atom. The summed E-state index contributed by atoms with van der Waals surface area (Å²) in [7, 11) is 0. The number of aryl methyl sites for hydroxylation is 2. The van der Waals surface area contributed by atoms with Crippen LogP contribution in [0.2, 0.25) is 10.0 Å². The number of nitrogens with zero attached hydrogens (tertiary/aromatic N) is 4. The van der Waals surface area contributed by atoms with E-state index in [0.29, 0.717) is 33.0 Å². The average Bonchev–Trinajstić information content (AvgIpc) is 3.64. The Morgan fingerprint density at radius 1 is 0.545 bits per heavy atom. The molecule has 7 rings (SSSR count). The SMILES string of the molecule is Cc1ccc2nc(-c3cc(N=Cc4ccc(C=Nc5ccc(Cl)c(-c6nc7ccc(C)cc7o6)c5)cc4)ccc3Cl)oc2c1. The Kier molecular flexibility index (Phi) is 7.30. The van der Waals surface area contributed by atoms with Crippen LogP contribution < -0.4 is 0 Å². The first kappa shape index (κ1) is 27.8. The predicted octanol–water partition coefficient (Wildman–Crippen LogP) is 10.7. The topological polar surface area (TPSA) is 76.8 Å². The van der Waals surface area contributed by atoms with E-state index in [2.05, 4.69) is 20.0 Å². The second kappa shape index (κ2) is 11.6. The highest BCUT2D eigenvalue weighted by atomic mass is 35.5. The monoisotopic (exact) mass is 614 g/mol. The maximum absolute atomic E-state index is 6.49. The van der Waals surface area contributed by atoms with Crippen molar-refractivity contribution in [2.24, 2.45) is 9.98 Å². The molecule has 0 aliphatic rings. The maximum Gasteiger partial charge on any atom is 0.228 e. The lowest BCUT2D eigenvalue weighted by Crippen LogP contribution is -1.85. The third kappa shape index (κ3) is 5.78. The standard InChI is InChI=1S/C36H24Cl2N4O2/c1-21-3-13-31-33(15-21)43-35(41-31)27-17-25(9-11-29(27)37)39-19-23-5-7-24(8-6-23)20-40-26-10-12-30(38)28(18-26)36-42-32-14-4-22(2)16-34(32)44-36/h3-20H,1-2H3. The molecule has 0 aliphatic heterocycles. The molecule has 5 aromatic carbocycles. The van der Waals surface area contributed by atoms with Crippen LogP contribution in [-0.2, 0) is 0 Å². The van der Waals surface area contributed by atoms with Gasteiger partial charge in [0.15, 0.2) is 11.2 Å². The van der Waals surface area contributed by atoms with Gasteiger partial charge in [-0.2, -0.15) is 0 Å². The number of aromatic nitrogens is 2. The minimum absolute atomic E-state index is 0.466. The molecule has 0 saturated heterocycles. The van der Waals surface area contributed by atoms with E-state index in [4.69, 9.17) is 32.0 Å². The molecule has 0 amide bonds. The van der Waals surface area contributed by atoms with Crippen molar-refractivity contribution >= 4 is 69.2 Å². The molecule has 6 nitrogen and oxygen atoms in total. The molecule has 0 bridgehead atoms. The molecule has 7 aromatic rings. The zero-order chi connectivity index (χ0) is 30.2. The van der Waals surface area contributed by atoms with Gasteiger partial charge >= 0.3 is 0 Å². The van der Waals surface area contributed by atoms with Gasteiger partial charge in [-0.05, 0) is 96.8 Å². The fraction of sp³-hybridized carbons (Fsp3) is 0.0556. The van der Waals surface area contributed by atoms with Crippen molar-refractivity contribution in [2.45, 2.75) is 13.8 Å². The zero-order valence-corrected chi connectivity index (χ0v) is 25.3. The van der Waals surface area contributed by atoms with Crippen LogP contribution in [0.4, 0.5) is 11.4 Å². The Balaban J connectivity index is 1.07. The molecule has 2 heterocycles. The molecule has 44 heavy (non-hydrogen) atoms. The number of hydrogen-bond donors (Lipinski definition) is 0. The molecule has 0 spiro atoms. The Morgan fingerprint density at radius 2 is 0.977 bits per heavy atom. The molecule has 0 atom stereocenters. The first-order chi connectivity index (χ1) is 21.4. The number of hydrogen-bond acceptors (Lipinski definition) is 6. The van der Waals surface area contributed by atoms with Crippen LogP contribution in [-0.4, -0.2) is 22.4 Å². The third-order valence-corrected chi connectivity index (χ3v) is 7.77. The van der Waals surface area contributed by atoms with Crippen LogP contribution in [0, 0.1) is 13.8 Å². The smallest absolute Gasteiger partial charge is 0.228 e. The fourth-order valence-electron chi connectivity index (χ4n) is 4.78. The minimum atomic E-state index is 0.466. The molecule has 0 radical (unpaired) electrons. The number of fused-ring (bicyclic) bond motifs is 2.